The summed E-state index contributed by atoms with van der Waals surface area (Å²) in [5, 5.41) is 4.22. The molecular formula is C126H107N13O4S. The van der Waals surface area contributed by atoms with Crippen LogP contribution in [0.3, 0.4) is 0 Å². The average Bonchev–Trinajstić information content (AvgIpc) is 0.913. The molecule has 0 amide bonds. The number of thioether (sulfide) groups is 1. The normalized spacial score (nSPS) is 16.2. The van der Waals surface area contributed by atoms with Crippen molar-refractivity contribution in [2.45, 2.75) is 54.4 Å². The zero-order valence-corrected chi connectivity index (χ0v) is 80.2. The molecule has 11 heterocycles. The lowest BCUT2D eigenvalue weighted by molar-refractivity contribution is 0.178. The second-order valence-electron chi connectivity index (χ2n) is 33.8. The van der Waals surface area contributed by atoms with Crippen LogP contribution >= 0.6 is 11.8 Å². The van der Waals surface area contributed by atoms with Gasteiger partial charge in [0, 0.05) is 113 Å². The topological polar surface area (TPSA) is 174 Å². The zero-order chi connectivity index (χ0) is 97.4. The van der Waals surface area contributed by atoms with Gasteiger partial charge in [-0.3, -0.25) is 24.8 Å². The summed E-state index contributed by atoms with van der Waals surface area (Å²) < 4.78 is 23.9. The molecule has 706 valence electrons. The number of benzene rings is 14. The van der Waals surface area contributed by atoms with E-state index in [9.17, 15) is 0 Å². The molecule has 17 nitrogen and oxygen atoms in total. The highest BCUT2D eigenvalue weighted by atomic mass is 32.2. The molecule has 0 saturated carbocycles. The van der Waals surface area contributed by atoms with E-state index in [4.69, 9.17) is 18.9 Å². The van der Waals surface area contributed by atoms with E-state index in [1.54, 1.807) is 55.6 Å². The number of allylic oxidation sites excluding steroid dienone is 8. The molecule has 4 aliphatic carbocycles. The van der Waals surface area contributed by atoms with Gasteiger partial charge in [-0.1, -0.05) is 310 Å². The molecule has 0 fully saturated rings. The van der Waals surface area contributed by atoms with E-state index in [2.05, 4.69) is 368 Å². The minimum absolute atomic E-state index is 0.245. The highest BCUT2D eigenvalue weighted by molar-refractivity contribution is 8.00. The van der Waals surface area contributed by atoms with Crippen LogP contribution in [0.15, 0.2) is 546 Å². The number of ether oxygens (including phenoxy) is 4. The maximum atomic E-state index is 6.02. The van der Waals surface area contributed by atoms with Crippen molar-refractivity contribution in [2.24, 2.45) is 22.7 Å². The fourth-order valence-electron chi connectivity index (χ4n) is 17.5. The molecule has 4 aromatic heterocycles. The summed E-state index contributed by atoms with van der Waals surface area (Å²) in [4.78, 5) is 41.6. The Morgan fingerprint density at radius 3 is 1.26 bits per heavy atom. The minimum atomic E-state index is 0.245. The van der Waals surface area contributed by atoms with Crippen molar-refractivity contribution in [3.05, 3.63) is 569 Å². The van der Waals surface area contributed by atoms with Crippen molar-refractivity contribution >= 4 is 86.6 Å². The molecule has 0 bridgehead atoms. The van der Waals surface area contributed by atoms with Crippen LogP contribution in [0.5, 0.6) is 40.2 Å². The van der Waals surface area contributed by atoms with Crippen LogP contribution in [0.25, 0.3) is 6.08 Å². The molecule has 0 radical (unpaired) electrons. The van der Waals surface area contributed by atoms with Crippen LogP contribution in [-0.4, -0.2) is 63.5 Å². The van der Waals surface area contributed by atoms with Crippen LogP contribution in [0.1, 0.15) is 33.4 Å². The standard InChI is InChI=1S/C18H11NO2.C18H13NO.C18H15N.C13H13N.C13H12O.C13H12S.C9H8.C8H7N.C5H5N.2C4H4N2.C3H3N3/c1-3-8-14-12(6-1)19-13-7-2-4-9-15(13)21-17-11-5-10-16(20-14)18(17)19;1-2-8-14(9-3-1)19-15-10-4-6-12-17(15)20-18-13-7-5-11-16(18)19;1-4-10-16(11-5-1)19(17-12-6-2-7-13-17)18-14-8-3-9-15-18;3*1-3-7-12-10(5-1)9-11-6-2-4-8-13(11)14-12;1-2-5-9-7-3-6-8(9)4-1;1-2-4-8-7(3-1)5-6-9-8;1-2-4-6-5-3-1;1-2-6-4-3-5-1;1-2-5-4-6-3-1;1-4-2-6-3-5-1/h1-11H;1-13H;1-15H;1-8,10,12,14H,9H2;2*1-8,10,12H,9H2;1-6H,7H2;1-4,6H,5H2;1-5H;2*1-4H;1-3H. The number of hydrogen-bond acceptors (Lipinski definition) is 18. The molecule has 0 spiro atoms. The molecule has 14 aromatic carbocycles. The smallest absolute Gasteiger partial charge is 0.155 e. The molecule has 29 rings (SSSR count). The van der Waals surface area contributed by atoms with Crippen molar-refractivity contribution in [1.82, 2.24) is 39.9 Å². The second kappa shape index (κ2) is 51.1. The number of nitrogens with zero attached hydrogens (tertiary/aromatic N) is 12. The maximum absolute atomic E-state index is 6.02. The molecular weight excluding hydrogens is 1790 g/mol. The molecule has 6 unspecified atom stereocenters. The van der Waals surface area contributed by atoms with E-state index in [0.29, 0.717) is 29.0 Å². The lowest BCUT2D eigenvalue weighted by Gasteiger charge is -2.37. The largest absolute Gasteiger partial charge is 0.485 e. The van der Waals surface area contributed by atoms with Crippen LogP contribution < -0.4 is 39.0 Å². The van der Waals surface area contributed by atoms with Crippen molar-refractivity contribution in [1.29, 1.82) is 0 Å². The van der Waals surface area contributed by atoms with Gasteiger partial charge in [0.15, 0.2) is 34.5 Å². The van der Waals surface area contributed by atoms with E-state index in [1.165, 1.54) is 92.8 Å². The number of fused-ring (bicyclic) bond motifs is 14. The Morgan fingerprint density at radius 2 is 0.722 bits per heavy atom. The van der Waals surface area contributed by atoms with Gasteiger partial charge in [0.05, 0.1) is 34.5 Å². The summed E-state index contributed by atoms with van der Waals surface area (Å²) in [6, 6.07) is 130. The van der Waals surface area contributed by atoms with Crippen molar-refractivity contribution in [2.75, 3.05) is 20.0 Å². The van der Waals surface area contributed by atoms with Gasteiger partial charge in [-0.15, -0.1) is 11.8 Å². The van der Waals surface area contributed by atoms with Crippen molar-refractivity contribution < 1.29 is 18.9 Å². The number of rotatable bonds is 4. The number of nitrogens with one attached hydrogen (secondary N) is 1. The molecule has 18 aromatic rings. The highest BCUT2D eigenvalue weighted by Gasteiger charge is 2.35. The monoisotopic (exact) mass is 1900 g/mol. The molecule has 1 N–H and O–H groups in total. The van der Waals surface area contributed by atoms with Gasteiger partial charge in [-0.2, -0.15) is 0 Å². The second-order valence-corrected chi connectivity index (χ2v) is 35.0. The van der Waals surface area contributed by atoms with Crippen LogP contribution in [0, 0.1) is 17.8 Å². The van der Waals surface area contributed by atoms with Crippen LogP contribution in [0.2, 0.25) is 0 Å². The minimum Gasteiger partial charge on any atom is -0.485 e. The average molecular weight is 1900 g/mol. The molecule has 0 saturated heterocycles. The molecule has 11 aliphatic rings. The third kappa shape index (κ3) is 26.1. The Bertz CT molecular complexity index is 6540. The molecule has 7 aliphatic heterocycles. The van der Waals surface area contributed by atoms with Crippen LogP contribution in [0.4, 0.5) is 62.6 Å². The Kier molecular flexibility index (Phi) is 34.1. The highest BCUT2D eigenvalue weighted by Crippen LogP contribution is 2.60. The van der Waals surface area contributed by atoms with Gasteiger partial charge >= 0.3 is 0 Å². The van der Waals surface area contributed by atoms with Gasteiger partial charge < -0.3 is 34.1 Å². The lowest BCUT2D eigenvalue weighted by atomic mass is 9.85. The molecule has 144 heavy (non-hydrogen) atoms. The summed E-state index contributed by atoms with van der Waals surface area (Å²) in [5.41, 5.74) is 20.7. The fourth-order valence-corrected chi connectivity index (χ4v) is 18.8. The summed E-state index contributed by atoms with van der Waals surface area (Å²) in [5.74, 6) is 8.04. The fraction of sp³-hybridized carbons (Fsp3) is 0.0873. The maximum Gasteiger partial charge on any atom is 0.155 e. The number of anilines is 10. The van der Waals surface area contributed by atoms with E-state index in [1.807, 2.05) is 176 Å². The zero-order valence-electron chi connectivity index (χ0n) is 79.4. The Hall–Kier alpha value is -18.0. The van der Waals surface area contributed by atoms with E-state index in [-0.39, 0.29) is 6.10 Å². The first-order valence-electron chi connectivity index (χ1n) is 48.2. The third-order valence-electron chi connectivity index (χ3n) is 24.3. The van der Waals surface area contributed by atoms with E-state index in [0.717, 1.165) is 106 Å². The molecule has 6 atom stereocenters. The summed E-state index contributed by atoms with van der Waals surface area (Å²) in [7, 11) is 0. The number of para-hydroxylation sites is 16. The number of hydrogen-bond donors (Lipinski definition) is 1. The Balaban J connectivity index is 0.000000106. The first-order chi connectivity index (χ1) is 71.5. The molecule has 18 heteroatoms. The SMILES string of the molecule is C1=CC2Cc3ccccc3NC2C=C1.C1=CC2Cc3ccccc3OC2C=C1.C1=CC2Cc3ccccc3SC2C=C1.C1=Cc2ccccc2C1.C1=Nc2ccccc2C1.c1ccc(N(c2ccccc2)c2ccccc2)cc1.c1ccc(N2c3ccccc3Oc3ccccc32)cc1.c1ccc2c(c1)Oc1cccc3c1N2c1ccccc1O3.c1ccncc1.c1cnccn1.c1cncnc1.c1ncncn1. The predicted molar refractivity (Wildman–Crippen MR) is 586 cm³/mol. The van der Waals surface area contributed by atoms with Crippen molar-refractivity contribution in [3.8, 4) is 40.2 Å². The quantitative estimate of drug-likeness (QED) is 0.176. The Morgan fingerprint density at radius 1 is 0.299 bits per heavy atom. The number of aliphatic imine (C=N–C) groups is 1. The Labute approximate surface area is 846 Å². The summed E-state index contributed by atoms with van der Waals surface area (Å²) >= 11 is 2.00. The lowest BCUT2D eigenvalue weighted by Crippen LogP contribution is -2.33. The number of pyridine rings is 1. The van der Waals surface area contributed by atoms with Gasteiger partial charge in [0.25, 0.3) is 0 Å². The summed E-state index contributed by atoms with van der Waals surface area (Å²) in [6.45, 7) is 0. The third-order valence-corrected chi connectivity index (χ3v) is 25.7. The first kappa shape index (κ1) is 96.3. The van der Waals surface area contributed by atoms with E-state index < -0.39 is 0 Å². The van der Waals surface area contributed by atoms with Gasteiger partial charge in [-0.05, 0) is 223 Å². The summed E-state index contributed by atoms with van der Waals surface area (Å²) in [6.07, 6.45) is 57.8. The van der Waals surface area contributed by atoms with E-state index >= 15 is 0 Å². The van der Waals surface area contributed by atoms with Gasteiger partial charge in [-0.25, -0.2) is 24.9 Å². The van der Waals surface area contributed by atoms with Gasteiger partial charge in [0.2, 0.25) is 0 Å². The first-order valence-corrected chi connectivity index (χ1v) is 49.1. The van der Waals surface area contributed by atoms with Crippen molar-refractivity contribution in [3.63, 3.8) is 0 Å². The number of aromatic nitrogens is 8. The van der Waals surface area contributed by atoms with Crippen LogP contribution in [-0.2, 0) is 32.1 Å². The predicted octanol–water partition coefficient (Wildman–Crippen LogP) is 30.8. The van der Waals surface area contributed by atoms with Gasteiger partial charge in [0.1, 0.15) is 42.9 Å².